The highest BCUT2D eigenvalue weighted by Crippen LogP contribution is 2.17. The Morgan fingerprint density at radius 1 is 1.18 bits per heavy atom. The molecule has 0 heterocycles. The number of carbonyl (C=O) groups is 1. The van der Waals surface area contributed by atoms with Crippen LogP contribution in [0.25, 0.3) is 0 Å². The van der Waals surface area contributed by atoms with Gasteiger partial charge in [0.25, 0.3) is 0 Å². The Kier molecular flexibility index (Phi) is 5.43. The van der Waals surface area contributed by atoms with E-state index in [0.717, 1.165) is 17.7 Å². The van der Waals surface area contributed by atoms with Crippen LogP contribution in [0.1, 0.15) is 17.2 Å². The molecule has 0 aliphatic carbocycles. The van der Waals surface area contributed by atoms with E-state index in [2.05, 4.69) is 5.32 Å². The van der Waals surface area contributed by atoms with Crippen LogP contribution in [-0.4, -0.2) is 17.7 Å². The van der Waals surface area contributed by atoms with Crippen molar-refractivity contribution >= 4 is 6.09 Å². The van der Waals surface area contributed by atoms with Crippen molar-refractivity contribution in [2.24, 2.45) is 0 Å². The minimum absolute atomic E-state index is 0.0910. The molecule has 6 heteroatoms. The summed E-state index contributed by atoms with van der Waals surface area (Å²) in [6, 6.07) is 11.9. The molecule has 0 bridgehead atoms. The van der Waals surface area contributed by atoms with Gasteiger partial charge in [-0.3, -0.25) is 0 Å². The predicted octanol–water partition coefficient (Wildman–Crippen LogP) is 2.92. The summed E-state index contributed by atoms with van der Waals surface area (Å²) in [4.78, 5) is 11.5. The van der Waals surface area contributed by atoms with Gasteiger partial charge >= 0.3 is 6.09 Å². The van der Waals surface area contributed by atoms with Gasteiger partial charge in [-0.1, -0.05) is 36.4 Å². The molecule has 1 unspecified atom stereocenters. The molecule has 0 fully saturated rings. The molecule has 0 radical (unpaired) electrons. The third kappa shape index (κ3) is 4.53. The minimum Gasteiger partial charge on any atom is -0.445 e. The van der Waals surface area contributed by atoms with Crippen LogP contribution in [0.5, 0.6) is 0 Å². The summed E-state index contributed by atoms with van der Waals surface area (Å²) in [6.45, 7) is -0.149. The van der Waals surface area contributed by atoms with E-state index in [9.17, 15) is 18.7 Å². The SMILES string of the molecule is O=C(NCC(O)c1ccc(F)cc1F)OCc1ccccc1. The largest absolute Gasteiger partial charge is 0.445 e. The third-order valence-electron chi connectivity index (χ3n) is 2.97. The van der Waals surface area contributed by atoms with E-state index in [1.165, 1.54) is 0 Å². The number of hydrogen-bond acceptors (Lipinski definition) is 3. The molecule has 0 saturated heterocycles. The normalized spacial score (nSPS) is 11.8. The van der Waals surface area contributed by atoms with Gasteiger partial charge in [-0.2, -0.15) is 0 Å². The highest BCUT2D eigenvalue weighted by Gasteiger charge is 2.15. The summed E-state index contributed by atoms with van der Waals surface area (Å²) in [7, 11) is 0. The summed E-state index contributed by atoms with van der Waals surface area (Å²) in [5.74, 6) is -1.60. The Morgan fingerprint density at radius 2 is 1.91 bits per heavy atom. The molecule has 1 atom stereocenters. The lowest BCUT2D eigenvalue weighted by Gasteiger charge is -2.13. The van der Waals surface area contributed by atoms with Crippen LogP contribution in [-0.2, 0) is 11.3 Å². The standard InChI is InChI=1S/C16H15F2NO3/c17-12-6-7-13(14(18)8-12)15(20)9-19-16(21)22-10-11-4-2-1-3-5-11/h1-8,15,20H,9-10H2,(H,19,21). The number of ether oxygens (including phenoxy) is 1. The average molecular weight is 307 g/mol. The van der Waals surface area contributed by atoms with Crippen LogP contribution >= 0.6 is 0 Å². The highest BCUT2D eigenvalue weighted by molar-refractivity contribution is 5.67. The molecule has 0 aromatic heterocycles. The second kappa shape index (κ2) is 7.51. The van der Waals surface area contributed by atoms with E-state index >= 15 is 0 Å². The van der Waals surface area contributed by atoms with E-state index in [-0.39, 0.29) is 18.7 Å². The van der Waals surface area contributed by atoms with Crippen molar-refractivity contribution in [3.05, 3.63) is 71.3 Å². The number of rotatable bonds is 5. The topological polar surface area (TPSA) is 58.6 Å². The fourth-order valence-corrected chi connectivity index (χ4v) is 1.84. The molecule has 2 aromatic rings. The molecule has 0 spiro atoms. The van der Waals surface area contributed by atoms with Gasteiger partial charge in [-0.05, 0) is 11.6 Å². The van der Waals surface area contributed by atoms with Crippen molar-refractivity contribution in [3.63, 3.8) is 0 Å². The number of aliphatic hydroxyl groups is 1. The number of nitrogens with one attached hydrogen (secondary N) is 1. The molecule has 2 aromatic carbocycles. The summed E-state index contributed by atoms with van der Waals surface area (Å²) in [6.07, 6.45) is -2.02. The first kappa shape index (κ1) is 15.9. The Bertz CT molecular complexity index is 635. The van der Waals surface area contributed by atoms with Crippen molar-refractivity contribution in [2.75, 3.05) is 6.54 Å². The number of aliphatic hydroxyl groups excluding tert-OH is 1. The van der Waals surface area contributed by atoms with Crippen molar-refractivity contribution in [2.45, 2.75) is 12.7 Å². The van der Waals surface area contributed by atoms with Crippen molar-refractivity contribution < 1.29 is 23.4 Å². The Morgan fingerprint density at radius 3 is 2.59 bits per heavy atom. The van der Waals surface area contributed by atoms with Gasteiger partial charge in [0.05, 0.1) is 12.6 Å². The first-order valence-corrected chi connectivity index (χ1v) is 6.64. The van der Waals surface area contributed by atoms with Gasteiger partial charge in [0.1, 0.15) is 18.2 Å². The van der Waals surface area contributed by atoms with Crippen molar-refractivity contribution in [3.8, 4) is 0 Å². The minimum atomic E-state index is -1.29. The molecular formula is C16H15F2NO3. The number of benzene rings is 2. The van der Waals surface area contributed by atoms with E-state index < -0.39 is 23.8 Å². The smallest absolute Gasteiger partial charge is 0.407 e. The van der Waals surface area contributed by atoms with Crippen molar-refractivity contribution in [1.82, 2.24) is 5.32 Å². The van der Waals surface area contributed by atoms with Crippen LogP contribution in [0.2, 0.25) is 0 Å². The molecule has 22 heavy (non-hydrogen) atoms. The van der Waals surface area contributed by atoms with Gasteiger partial charge in [-0.25, -0.2) is 13.6 Å². The van der Waals surface area contributed by atoms with Crippen LogP contribution in [0, 0.1) is 11.6 Å². The van der Waals surface area contributed by atoms with Gasteiger partial charge in [0.2, 0.25) is 0 Å². The maximum Gasteiger partial charge on any atom is 0.407 e. The second-order valence-corrected chi connectivity index (χ2v) is 4.62. The quantitative estimate of drug-likeness (QED) is 0.893. The van der Waals surface area contributed by atoms with E-state index in [1.807, 2.05) is 18.2 Å². The first-order valence-electron chi connectivity index (χ1n) is 6.64. The van der Waals surface area contributed by atoms with Crippen molar-refractivity contribution in [1.29, 1.82) is 0 Å². The maximum atomic E-state index is 13.5. The van der Waals surface area contributed by atoms with E-state index in [4.69, 9.17) is 4.74 Å². The number of amides is 1. The zero-order valence-electron chi connectivity index (χ0n) is 11.6. The van der Waals surface area contributed by atoms with Crippen LogP contribution in [0.4, 0.5) is 13.6 Å². The van der Waals surface area contributed by atoms with Crippen LogP contribution in [0.15, 0.2) is 48.5 Å². The third-order valence-corrected chi connectivity index (χ3v) is 2.97. The summed E-state index contributed by atoms with van der Waals surface area (Å²) in [5.41, 5.74) is 0.729. The fourth-order valence-electron chi connectivity index (χ4n) is 1.84. The summed E-state index contributed by atoms with van der Waals surface area (Å²) in [5, 5.41) is 12.1. The molecule has 2 rings (SSSR count). The maximum absolute atomic E-state index is 13.5. The summed E-state index contributed by atoms with van der Waals surface area (Å²) < 4.78 is 31.2. The lowest BCUT2D eigenvalue weighted by molar-refractivity contribution is 0.125. The zero-order valence-corrected chi connectivity index (χ0v) is 11.6. The number of carbonyl (C=O) groups excluding carboxylic acids is 1. The Hall–Kier alpha value is -2.47. The Labute approximate surface area is 126 Å². The van der Waals surface area contributed by atoms with Gasteiger partial charge < -0.3 is 15.2 Å². The first-order chi connectivity index (χ1) is 10.6. The van der Waals surface area contributed by atoms with Gasteiger partial charge in [0, 0.05) is 11.6 Å². The molecule has 0 aliphatic rings. The predicted molar refractivity (Wildman–Crippen MR) is 75.9 cm³/mol. The average Bonchev–Trinajstić information content (AvgIpc) is 2.51. The lowest BCUT2D eigenvalue weighted by Crippen LogP contribution is -2.29. The second-order valence-electron chi connectivity index (χ2n) is 4.62. The Balaban J connectivity index is 1.80. The summed E-state index contributed by atoms with van der Waals surface area (Å²) >= 11 is 0. The van der Waals surface area contributed by atoms with E-state index in [0.29, 0.717) is 6.07 Å². The molecule has 1 amide bonds. The van der Waals surface area contributed by atoms with Gasteiger partial charge in [0.15, 0.2) is 0 Å². The van der Waals surface area contributed by atoms with E-state index in [1.54, 1.807) is 12.1 Å². The van der Waals surface area contributed by atoms with Gasteiger partial charge in [-0.15, -0.1) is 0 Å². The monoisotopic (exact) mass is 307 g/mol. The molecule has 0 saturated carbocycles. The fraction of sp³-hybridized carbons (Fsp3) is 0.188. The molecule has 0 aliphatic heterocycles. The molecule has 2 N–H and O–H groups in total. The van der Waals surface area contributed by atoms with Crippen LogP contribution in [0.3, 0.4) is 0 Å². The number of hydrogen-bond donors (Lipinski definition) is 2. The molecule has 4 nitrogen and oxygen atoms in total. The highest BCUT2D eigenvalue weighted by atomic mass is 19.1. The zero-order chi connectivity index (χ0) is 15.9. The van der Waals surface area contributed by atoms with Crippen LogP contribution < -0.4 is 5.32 Å². The molecular weight excluding hydrogens is 292 g/mol. The number of alkyl carbamates (subject to hydrolysis) is 1. The lowest BCUT2D eigenvalue weighted by atomic mass is 10.1. The molecule has 116 valence electrons. The number of halogens is 2.